The Kier molecular flexibility index (Phi) is 5.37. The van der Waals surface area contributed by atoms with Crippen LogP contribution in [0.1, 0.15) is 19.8 Å². The summed E-state index contributed by atoms with van der Waals surface area (Å²) in [7, 11) is 1.38. The number of nitrogens with zero attached hydrogens (tertiary/aromatic N) is 1. The van der Waals surface area contributed by atoms with E-state index in [-0.39, 0.29) is 17.9 Å². The van der Waals surface area contributed by atoms with Gasteiger partial charge in [0.1, 0.15) is 6.04 Å². The highest BCUT2D eigenvalue weighted by Gasteiger charge is 2.23. The summed E-state index contributed by atoms with van der Waals surface area (Å²) >= 11 is 0. The second kappa shape index (κ2) is 6.56. The van der Waals surface area contributed by atoms with Crippen LogP contribution in [0.3, 0.4) is 0 Å². The number of methoxy groups -OCH3 is 1. The SMILES string of the molecule is COC(=O)C(C)NC1CCN(CC(N)=O)CC1. The Morgan fingerprint density at radius 3 is 2.53 bits per heavy atom. The molecule has 0 aromatic rings. The van der Waals surface area contributed by atoms with Gasteiger partial charge in [-0.25, -0.2) is 0 Å². The van der Waals surface area contributed by atoms with Gasteiger partial charge in [0.05, 0.1) is 13.7 Å². The molecule has 17 heavy (non-hydrogen) atoms. The number of piperidine rings is 1. The molecular weight excluding hydrogens is 222 g/mol. The van der Waals surface area contributed by atoms with Crippen LogP contribution in [-0.2, 0) is 14.3 Å². The fourth-order valence-corrected chi connectivity index (χ4v) is 2.08. The first-order chi connectivity index (χ1) is 8.02. The number of primary amides is 1. The third-order valence-electron chi connectivity index (χ3n) is 3.01. The van der Waals surface area contributed by atoms with Crippen LogP contribution in [0.2, 0.25) is 0 Å². The summed E-state index contributed by atoms with van der Waals surface area (Å²) in [6, 6.07) is 0.0147. The van der Waals surface area contributed by atoms with Gasteiger partial charge >= 0.3 is 5.97 Å². The predicted octanol–water partition coefficient (Wildman–Crippen LogP) is -0.913. The number of ether oxygens (including phenoxy) is 1. The standard InChI is InChI=1S/C11H21N3O3/c1-8(11(16)17-2)13-9-3-5-14(6-4-9)7-10(12)15/h8-9,13H,3-7H2,1-2H3,(H2,12,15). The average Bonchev–Trinajstić information content (AvgIpc) is 2.30. The van der Waals surface area contributed by atoms with Crippen LogP contribution in [0.4, 0.5) is 0 Å². The van der Waals surface area contributed by atoms with Gasteiger partial charge in [-0.15, -0.1) is 0 Å². The van der Waals surface area contributed by atoms with E-state index in [9.17, 15) is 9.59 Å². The molecule has 98 valence electrons. The molecule has 1 aliphatic heterocycles. The van der Waals surface area contributed by atoms with Gasteiger partial charge < -0.3 is 15.8 Å². The summed E-state index contributed by atoms with van der Waals surface area (Å²) in [5, 5.41) is 3.23. The number of esters is 1. The number of hydrogen-bond donors (Lipinski definition) is 2. The van der Waals surface area contributed by atoms with Crippen molar-refractivity contribution < 1.29 is 14.3 Å². The van der Waals surface area contributed by atoms with Gasteiger partial charge in [0, 0.05) is 19.1 Å². The van der Waals surface area contributed by atoms with E-state index in [1.807, 2.05) is 4.90 Å². The highest BCUT2D eigenvalue weighted by Crippen LogP contribution is 2.10. The Morgan fingerprint density at radius 2 is 2.06 bits per heavy atom. The molecule has 0 bridgehead atoms. The first-order valence-electron chi connectivity index (χ1n) is 5.87. The van der Waals surface area contributed by atoms with Crippen molar-refractivity contribution in [2.75, 3.05) is 26.7 Å². The number of rotatable bonds is 5. The Labute approximate surface area is 101 Å². The lowest BCUT2D eigenvalue weighted by atomic mass is 10.0. The molecule has 1 unspecified atom stereocenters. The van der Waals surface area contributed by atoms with Crippen molar-refractivity contribution >= 4 is 11.9 Å². The summed E-state index contributed by atoms with van der Waals surface area (Å²) in [6.07, 6.45) is 1.82. The lowest BCUT2D eigenvalue weighted by Gasteiger charge is -2.32. The van der Waals surface area contributed by atoms with E-state index in [1.165, 1.54) is 7.11 Å². The Balaban J connectivity index is 2.27. The second-order valence-electron chi connectivity index (χ2n) is 4.43. The molecule has 1 aliphatic rings. The van der Waals surface area contributed by atoms with Crippen molar-refractivity contribution in [1.29, 1.82) is 0 Å². The molecule has 0 radical (unpaired) electrons. The van der Waals surface area contributed by atoms with E-state index in [4.69, 9.17) is 5.73 Å². The topological polar surface area (TPSA) is 84.7 Å². The molecule has 0 spiro atoms. The predicted molar refractivity (Wildman–Crippen MR) is 63.3 cm³/mol. The van der Waals surface area contributed by atoms with Gasteiger partial charge in [0.2, 0.25) is 5.91 Å². The normalized spacial score (nSPS) is 19.9. The summed E-state index contributed by atoms with van der Waals surface area (Å²) in [5.74, 6) is -0.538. The monoisotopic (exact) mass is 243 g/mol. The van der Waals surface area contributed by atoms with Crippen molar-refractivity contribution in [3.05, 3.63) is 0 Å². The summed E-state index contributed by atoms with van der Waals surface area (Å²) in [6.45, 7) is 3.77. The van der Waals surface area contributed by atoms with E-state index in [2.05, 4.69) is 10.1 Å². The molecule has 0 aromatic carbocycles. The summed E-state index contributed by atoms with van der Waals surface area (Å²) in [4.78, 5) is 24.0. The number of hydrogen-bond acceptors (Lipinski definition) is 5. The van der Waals surface area contributed by atoms with Crippen LogP contribution in [-0.4, -0.2) is 55.6 Å². The molecule has 1 atom stereocenters. The molecule has 1 saturated heterocycles. The van der Waals surface area contributed by atoms with Crippen LogP contribution in [0, 0.1) is 0 Å². The minimum atomic E-state index is -0.292. The maximum atomic E-state index is 11.2. The molecule has 0 aliphatic carbocycles. The maximum Gasteiger partial charge on any atom is 0.322 e. The van der Waals surface area contributed by atoms with Gasteiger partial charge in [-0.1, -0.05) is 0 Å². The molecule has 6 nitrogen and oxygen atoms in total. The first-order valence-corrected chi connectivity index (χ1v) is 5.87. The highest BCUT2D eigenvalue weighted by atomic mass is 16.5. The number of carbonyl (C=O) groups is 2. The summed E-state index contributed by atoms with van der Waals surface area (Å²) in [5.41, 5.74) is 5.14. The fourth-order valence-electron chi connectivity index (χ4n) is 2.08. The number of nitrogens with one attached hydrogen (secondary N) is 1. The zero-order valence-electron chi connectivity index (χ0n) is 10.4. The number of amides is 1. The van der Waals surface area contributed by atoms with E-state index in [0.717, 1.165) is 25.9 Å². The molecule has 3 N–H and O–H groups in total. The van der Waals surface area contributed by atoms with Crippen molar-refractivity contribution in [3.63, 3.8) is 0 Å². The van der Waals surface area contributed by atoms with Crippen molar-refractivity contribution in [1.82, 2.24) is 10.2 Å². The number of likely N-dealkylation sites (tertiary alicyclic amines) is 1. The van der Waals surface area contributed by atoms with Gasteiger partial charge in [-0.05, 0) is 19.8 Å². The van der Waals surface area contributed by atoms with E-state index < -0.39 is 0 Å². The molecule has 1 heterocycles. The summed E-state index contributed by atoms with van der Waals surface area (Å²) < 4.78 is 4.65. The molecule has 0 saturated carbocycles. The van der Waals surface area contributed by atoms with Crippen LogP contribution in [0.5, 0.6) is 0 Å². The zero-order chi connectivity index (χ0) is 12.8. The average molecular weight is 243 g/mol. The highest BCUT2D eigenvalue weighted by molar-refractivity contribution is 5.76. The van der Waals surface area contributed by atoms with Crippen LogP contribution in [0.15, 0.2) is 0 Å². The number of carbonyl (C=O) groups excluding carboxylic acids is 2. The van der Waals surface area contributed by atoms with Crippen molar-refractivity contribution in [3.8, 4) is 0 Å². The molecule has 0 aromatic heterocycles. The van der Waals surface area contributed by atoms with Gasteiger partial charge in [-0.2, -0.15) is 0 Å². The molecule has 1 fully saturated rings. The lowest BCUT2D eigenvalue weighted by molar-refractivity contribution is -0.142. The van der Waals surface area contributed by atoms with Crippen LogP contribution < -0.4 is 11.1 Å². The fraction of sp³-hybridized carbons (Fsp3) is 0.818. The second-order valence-corrected chi connectivity index (χ2v) is 4.43. The van der Waals surface area contributed by atoms with Crippen LogP contribution >= 0.6 is 0 Å². The van der Waals surface area contributed by atoms with Crippen molar-refractivity contribution in [2.45, 2.75) is 31.8 Å². The number of nitrogens with two attached hydrogens (primary N) is 1. The zero-order valence-corrected chi connectivity index (χ0v) is 10.4. The molecule has 1 amide bonds. The molecular formula is C11H21N3O3. The van der Waals surface area contributed by atoms with Gasteiger partial charge in [0.15, 0.2) is 0 Å². The van der Waals surface area contributed by atoms with E-state index in [0.29, 0.717) is 12.6 Å². The van der Waals surface area contributed by atoms with E-state index >= 15 is 0 Å². The van der Waals surface area contributed by atoms with Gasteiger partial charge in [0.25, 0.3) is 0 Å². The third-order valence-corrected chi connectivity index (χ3v) is 3.01. The Bertz CT molecular complexity index is 275. The van der Waals surface area contributed by atoms with E-state index in [1.54, 1.807) is 6.92 Å². The smallest absolute Gasteiger partial charge is 0.322 e. The third kappa shape index (κ3) is 4.70. The Hall–Kier alpha value is -1.14. The minimum Gasteiger partial charge on any atom is -0.468 e. The lowest BCUT2D eigenvalue weighted by Crippen LogP contribution is -2.49. The minimum absolute atomic E-state index is 0.246. The van der Waals surface area contributed by atoms with Gasteiger partial charge in [-0.3, -0.25) is 14.5 Å². The largest absolute Gasteiger partial charge is 0.468 e. The first kappa shape index (κ1) is 13.9. The maximum absolute atomic E-state index is 11.2. The molecule has 6 heteroatoms. The van der Waals surface area contributed by atoms with Crippen molar-refractivity contribution in [2.24, 2.45) is 5.73 Å². The quantitative estimate of drug-likeness (QED) is 0.610. The molecule has 1 rings (SSSR count). The van der Waals surface area contributed by atoms with Crippen LogP contribution in [0.25, 0.3) is 0 Å². The Morgan fingerprint density at radius 1 is 1.47 bits per heavy atom.